The zero-order valence-electron chi connectivity index (χ0n) is 24.1. The Hall–Kier alpha value is -3.24. The molecule has 1 unspecified atom stereocenters. The van der Waals surface area contributed by atoms with Crippen LogP contribution >= 0.6 is 27.7 Å². The quantitative estimate of drug-likeness (QED) is 0.230. The first kappa shape index (κ1) is 30.7. The Kier molecular flexibility index (Phi) is 9.23. The molecule has 10 heteroatoms. The number of ether oxygens (including phenoxy) is 3. The number of nitrogens with zero attached hydrogens (tertiary/aromatic N) is 1. The van der Waals surface area contributed by atoms with Crippen molar-refractivity contribution < 1.29 is 33.7 Å². The van der Waals surface area contributed by atoms with Crippen molar-refractivity contribution >= 4 is 50.9 Å². The lowest BCUT2D eigenvalue weighted by molar-refractivity contribution is -0.140. The largest absolute Gasteiger partial charge is 0.489 e. The van der Waals surface area contributed by atoms with Gasteiger partial charge < -0.3 is 19.3 Å². The molecule has 2 amide bonds. The van der Waals surface area contributed by atoms with E-state index in [-0.39, 0.29) is 4.91 Å². The fourth-order valence-electron chi connectivity index (χ4n) is 4.77. The van der Waals surface area contributed by atoms with Crippen LogP contribution in [0.3, 0.4) is 0 Å². The molecule has 1 saturated heterocycles. The van der Waals surface area contributed by atoms with Crippen LogP contribution in [0.4, 0.5) is 4.79 Å². The Bertz CT molecular complexity index is 1480. The first-order valence-electron chi connectivity index (χ1n) is 13.3. The SMILES string of the molecule is CC(C)=CCOc1c(C)c(C)c2c(c1C)CCC(C)(COc1ccc(C=C3SC(=O)N(CC(=O)O)C3=O)cc1Br)O2. The van der Waals surface area contributed by atoms with Crippen molar-refractivity contribution in [1.82, 2.24) is 4.90 Å². The van der Waals surface area contributed by atoms with Gasteiger partial charge in [0.05, 0.1) is 9.38 Å². The number of carboxylic acid groups (broad SMARTS) is 1. The van der Waals surface area contributed by atoms with E-state index < -0.39 is 29.3 Å². The highest BCUT2D eigenvalue weighted by Gasteiger charge is 2.37. The highest BCUT2D eigenvalue weighted by atomic mass is 79.9. The molecule has 4 rings (SSSR count). The highest BCUT2D eigenvalue weighted by molar-refractivity contribution is 9.10. The summed E-state index contributed by atoms with van der Waals surface area (Å²) in [5.74, 6) is 0.583. The number of carboxylic acids is 1. The maximum Gasteiger partial charge on any atom is 0.323 e. The van der Waals surface area contributed by atoms with Crippen LogP contribution in [0.25, 0.3) is 6.08 Å². The number of halogens is 1. The number of amides is 2. The predicted molar refractivity (Wildman–Crippen MR) is 163 cm³/mol. The van der Waals surface area contributed by atoms with Crippen LogP contribution < -0.4 is 14.2 Å². The minimum atomic E-state index is -1.24. The minimum Gasteiger partial charge on any atom is -0.489 e. The molecule has 2 aromatic rings. The molecular formula is C31H34BrNO7S. The number of fused-ring (bicyclic) bond motifs is 1. The number of rotatable bonds is 9. The molecule has 41 heavy (non-hydrogen) atoms. The van der Waals surface area contributed by atoms with Crippen molar-refractivity contribution in [2.45, 2.75) is 60.0 Å². The third-order valence-corrected chi connectivity index (χ3v) is 8.76. The Balaban J connectivity index is 1.46. The van der Waals surface area contributed by atoms with E-state index in [2.05, 4.69) is 63.5 Å². The molecule has 0 radical (unpaired) electrons. The topological polar surface area (TPSA) is 102 Å². The molecule has 2 aliphatic heterocycles. The molecule has 1 N–H and O–H groups in total. The molecule has 8 nitrogen and oxygen atoms in total. The van der Waals surface area contributed by atoms with Crippen LogP contribution in [-0.4, -0.2) is 52.5 Å². The van der Waals surface area contributed by atoms with Crippen LogP contribution in [0.1, 0.15) is 55.0 Å². The molecule has 1 fully saturated rings. The molecule has 0 aliphatic carbocycles. The van der Waals surface area contributed by atoms with Gasteiger partial charge in [-0.15, -0.1) is 0 Å². The molecule has 2 aromatic carbocycles. The van der Waals surface area contributed by atoms with Crippen molar-refractivity contribution in [3.8, 4) is 17.2 Å². The van der Waals surface area contributed by atoms with Crippen molar-refractivity contribution in [2.75, 3.05) is 19.8 Å². The fourth-order valence-corrected chi connectivity index (χ4v) is 6.12. The van der Waals surface area contributed by atoms with Crippen LogP contribution in [0, 0.1) is 20.8 Å². The smallest absolute Gasteiger partial charge is 0.323 e. The summed E-state index contributed by atoms with van der Waals surface area (Å²) >= 11 is 4.27. The Morgan fingerprint density at radius 2 is 1.90 bits per heavy atom. The average Bonchev–Trinajstić information content (AvgIpc) is 3.15. The summed E-state index contributed by atoms with van der Waals surface area (Å²) in [6.07, 6.45) is 5.26. The summed E-state index contributed by atoms with van der Waals surface area (Å²) in [5, 5.41) is 8.35. The molecule has 0 saturated carbocycles. The standard InChI is InChI=1S/C31H34BrNO7S/c1-17(2)10-12-38-27-18(3)19(4)28-22(20(27)5)9-11-31(6,40-28)16-39-24-8-7-21(13-23(24)32)14-25-29(36)33(15-26(34)35)30(37)41-25/h7-8,10,13-14H,9,11-12,15-16H2,1-6H3,(H,34,35). The second-order valence-electron chi connectivity index (χ2n) is 10.8. The molecule has 2 aliphatic rings. The zero-order valence-corrected chi connectivity index (χ0v) is 26.5. The van der Waals surface area contributed by atoms with Crippen LogP contribution in [-0.2, 0) is 16.0 Å². The number of hydrogen-bond donors (Lipinski definition) is 1. The van der Waals surface area contributed by atoms with E-state index >= 15 is 0 Å². The van der Waals surface area contributed by atoms with Gasteiger partial charge in [0, 0.05) is 5.56 Å². The van der Waals surface area contributed by atoms with Gasteiger partial charge in [-0.05, 0) is 129 Å². The maximum atomic E-state index is 12.5. The van der Waals surface area contributed by atoms with Crippen LogP contribution in [0.5, 0.6) is 17.2 Å². The van der Waals surface area contributed by atoms with Gasteiger partial charge in [-0.25, -0.2) is 0 Å². The Labute approximate surface area is 252 Å². The monoisotopic (exact) mass is 643 g/mol. The summed E-state index contributed by atoms with van der Waals surface area (Å²) in [6.45, 7) is 12.6. The van der Waals surface area contributed by atoms with Crippen molar-refractivity contribution in [1.29, 1.82) is 0 Å². The molecule has 0 spiro atoms. The van der Waals surface area contributed by atoms with Crippen LogP contribution in [0.15, 0.2) is 39.2 Å². The summed E-state index contributed by atoms with van der Waals surface area (Å²) in [5.41, 5.74) is 5.79. The number of imide groups is 1. The van der Waals surface area contributed by atoms with Gasteiger partial charge in [-0.2, -0.15) is 0 Å². The van der Waals surface area contributed by atoms with Gasteiger partial charge in [0.15, 0.2) is 0 Å². The first-order chi connectivity index (χ1) is 19.3. The number of benzene rings is 2. The molecule has 2 heterocycles. The third kappa shape index (κ3) is 6.81. The van der Waals surface area contributed by atoms with Gasteiger partial charge in [0.2, 0.25) is 0 Å². The zero-order chi connectivity index (χ0) is 30.1. The summed E-state index contributed by atoms with van der Waals surface area (Å²) in [6, 6.07) is 5.35. The summed E-state index contributed by atoms with van der Waals surface area (Å²) < 4.78 is 19.6. The van der Waals surface area contributed by atoms with Gasteiger partial charge in [-0.3, -0.25) is 19.3 Å². The van der Waals surface area contributed by atoms with Gasteiger partial charge in [0.1, 0.15) is 42.6 Å². The fraction of sp³-hybridized carbons (Fsp3) is 0.387. The number of allylic oxidation sites excluding steroid dienone is 1. The molecular weight excluding hydrogens is 610 g/mol. The van der Waals surface area contributed by atoms with Crippen molar-refractivity contribution in [2.24, 2.45) is 0 Å². The van der Waals surface area contributed by atoms with E-state index in [1.165, 1.54) is 11.1 Å². The van der Waals surface area contributed by atoms with Crippen LogP contribution in [0.2, 0.25) is 0 Å². The molecule has 0 aromatic heterocycles. The lowest BCUT2D eigenvalue weighted by atomic mass is 9.87. The summed E-state index contributed by atoms with van der Waals surface area (Å²) in [7, 11) is 0. The highest BCUT2D eigenvalue weighted by Crippen LogP contribution is 2.44. The van der Waals surface area contributed by atoms with E-state index in [1.807, 2.05) is 0 Å². The number of aliphatic carboxylic acids is 1. The van der Waals surface area contributed by atoms with Gasteiger partial charge >= 0.3 is 5.97 Å². The summed E-state index contributed by atoms with van der Waals surface area (Å²) in [4.78, 5) is 36.3. The van der Waals surface area contributed by atoms with E-state index in [1.54, 1.807) is 24.3 Å². The minimum absolute atomic E-state index is 0.171. The third-order valence-electron chi connectivity index (χ3n) is 7.24. The normalized spacial score (nSPS) is 19.2. The number of carbonyl (C=O) groups excluding carboxylic acids is 2. The van der Waals surface area contributed by atoms with E-state index in [0.717, 1.165) is 57.7 Å². The molecule has 0 bridgehead atoms. The van der Waals surface area contributed by atoms with E-state index in [9.17, 15) is 14.4 Å². The van der Waals surface area contributed by atoms with Gasteiger partial charge in [0.25, 0.3) is 11.1 Å². The van der Waals surface area contributed by atoms with Crippen molar-refractivity contribution in [3.63, 3.8) is 0 Å². The Morgan fingerprint density at radius 1 is 1.17 bits per heavy atom. The second kappa shape index (κ2) is 12.3. The average molecular weight is 645 g/mol. The molecule has 218 valence electrons. The number of hydrogen-bond acceptors (Lipinski definition) is 7. The van der Waals surface area contributed by atoms with Gasteiger partial charge in [-0.1, -0.05) is 11.6 Å². The first-order valence-corrected chi connectivity index (χ1v) is 14.9. The predicted octanol–water partition coefficient (Wildman–Crippen LogP) is 7.00. The van der Waals surface area contributed by atoms with E-state index in [4.69, 9.17) is 19.3 Å². The lowest BCUT2D eigenvalue weighted by Crippen LogP contribution is -2.42. The lowest BCUT2D eigenvalue weighted by Gasteiger charge is -2.38. The molecule has 1 atom stereocenters. The second-order valence-corrected chi connectivity index (χ2v) is 12.6. The Morgan fingerprint density at radius 3 is 2.56 bits per heavy atom. The number of carbonyl (C=O) groups is 3. The maximum absolute atomic E-state index is 12.5. The van der Waals surface area contributed by atoms with Crippen molar-refractivity contribution in [3.05, 3.63) is 67.0 Å². The number of thioether (sulfide) groups is 1. The van der Waals surface area contributed by atoms with E-state index in [0.29, 0.717) is 29.0 Å².